The van der Waals surface area contributed by atoms with Gasteiger partial charge in [0.1, 0.15) is 16.6 Å². The largest absolute Gasteiger partial charge is 0.457 e. The zero-order valence-corrected chi connectivity index (χ0v) is 14.8. The van der Waals surface area contributed by atoms with Crippen molar-refractivity contribution in [1.82, 2.24) is 9.78 Å². The summed E-state index contributed by atoms with van der Waals surface area (Å²) in [5.74, 6) is 1.48. The van der Waals surface area contributed by atoms with Crippen molar-refractivity contribution in [2.75, 3.05) is 11.4 Å². The summed E-state index contributed by atoms with van der Waals surface area (Å²) >= 11 is 0.947. The van der Waals surface area contributed by atoms with Gasteiger partial charge < -0.3 is 4.74 Å². The van der Waals surface area contributed by atoms with Crippen LogP contribution in [0.25, 0.3) is 0 Å². The summed E-state index contributed by atoms with van der Waals surface area (Å²) in [6, 6.07) is 3.78. The highest BCUT2D eigenvalue weighted by molar-refractivity contribution is 7.09. The number of fused-ring (bicyclic) bond motifs is 1. The number of carbonyl (C=O) groups excluding carboxylic acids is 1. The molecule has 1 aromatic carbocycles. The molecule has 1 atom stereocenters. The number of aromatic nitrogens is 2. The first-order chi connectivity index (χ1) is 11.7. The van der Waals surface area contributed by atoms with Gasteiger partial charge in [0.05, 0.1) is 12.2 Å². The van der Waals surface area contributed by atoms with Crippen LogP contribution in [0.1, 0.15) is 32.0 Å². The molecule has 1 amide bonds. The molecular weight excluding hydrogens is 345 g/mol. The minimum absolute atomic E-state index is 0.0255. The van der Waals surface area contributed by atoms with Crippen LogP contribution in [0.5, 0.6) is 5.75 Å². The highest BCUT2D eigenvalue weighted by Crippen LogP contribution is 2.37. The van der Waals surface area contributed by atoms with Crippen molar-refractivity contribution < 1.29 is 13.9 Å². The van der Waals surface area contributed by atoms with E-state index in [1.165, 1.54) is 17.0 Å². The van der Waals surface area contributed by atoms with Crippen molar-refractivity contribution in [2.45, 2.75) is 32.4 Å². The molecule has 130 valence electrons. The van der Waals surface area contributed by atoms with Crippen LogP contribution < -0.4 is 14.5 Å². The molecule has 25 heavy (non-hydrogen) atoms. The van der Waals surface area contributed by atoms with E-state index in [2.05, 4.69) is 11.0 Å². The number of benzene rings is 1. The minimum atomic E-state index is -1.32. The number of terminal acetylenes is 1. The third-order valence-corrected chi connectivity index (χ3v) is 4.86. The SMILES string of the molecule is C#CCN1C(=O)C(n2nc(C(C)(C)C)sc2=O)Oc2cc(F)ccc21. The van der Waals surface area contributed by atoms with E-state index in [-0.39, 0.29) is 17.7 Å². The first-order valence-electron chi connectivity index (χ1n) is 7.53. The summed E-state index contributed by atoms with van der Waals surface area (Å²) in [5, 5.41) is 4.82. The molecular formula is C17H16FN3O3S. The molecule has 2 aromatic rings. The average molecular weight is 361 g/mol. The molecule has 1 aliphatic heterocycles. The number of rotatable bonds is 2. The molecule has 8 heteroatoms. The molecule has 1 unspecified atom stereocenters. The van der Waals surface area contributed by atoms with Crippen molar-refractivity contribution in [3.63, 3.8) is 0 Å². The molecule has 0 fully saturated rings. The topological polar surface area (TPSA) is 64.4 Å². The van der Waals surface area contributed by atoms with Crippen LogP contribution >= 0.6 is 11.3 Å². The van der Waals surface area contributed by atoms with Gasteiger partial charge in [-0.05, 0) is 12.1 Å². The molecule has 0 bridgehead atoms. The minimum Gasteiger partial charge on any atom is -0.457 e. The number of nitrogens with zero attached hydrogens (tertiary/aromatic N) is 3. The van der Waals surface area contributed by atoms with Crippen LogP contribution in [0, 0.1) is 18.2 Å². The number of carbonyl (C=O) groups is 1. The summed E-state index contributed by atoms with van der Waals surface area (Å²) in [7, 11) is 0. The van der Waals surface area contributed by atoms with Crippen LogP contribution in [0.4, 0.5) is 10.1 Å². The zero-order chi connectivity index (χ0) is 18.4. The van der Waals surface area contributed by atoms with Gasteiger partial charge in [-0.3, -0.25) is 14.5 Å². The van der Waals surface area contributed by atoms with Crippen molar-refractivity contribution in [1.29, 1.82) is 0 Å². The maximum absolute atomic E-state index is 13.6. The Morgan fingerprint density at radius 3 is 2.72 bits per heavy atom. The monoisotopic (exact) mass is 361 g/mol. The van der Waals surface area contributed by atoms with E-state index in [1.807, 2.05) is 20.8 Å². The van der Waals surface area contributed by atoms with Gasteiger partial charge in [0.25, 0.3) is 12.1 Å². The lowest BCUT2D eigenvalue weighted by Crippen LogP contribution is -2.46. The number of hydrogen-bond acceptors (Lipinski definition) is 5. The van der Waals surface area contributed by atoms with Crippen LogP contribution in [-0.4, -0.2) is 22.2 Å². The number of halogens is 1. The van der Waals surface area contributed by atoms with Crippen LogP contribution in [0.3, 0.4) is 0 Å². The molecule has 1 aromatic heterocycles. The maximum Gasteiger partial charge on any atom is 0.328 e. The lowest BCUT2D eigenvalue weighted by Gasteiger charge is -2.32. The highest BCUT2D eigenvalue weighted by Gasteiger charge is 2.38. The molecule has 3 rings (SSSR count). The Labute approximate surface area is 147 Å². The molecule has 0 spiro atoms. The number of anilines is 1. The molecule has 0 radical (unpaired) electrons. The van der Waals surface area contributed by atoms with Gasteiger partial charge in [0.15, 0.2) is 0 Å². The summed E-state index contributed by atoms with van der Waals surface area (Å²) in [5.41, 5.74) is 0.00916. The lowest BCUT2D eigenvalue weighted by molar-refractivity contribution is -0.131. The third-order valence-electron chi connectivity index (χ3n) is 3.61. The van der Waals surface area contributed by atoms with Crippen LogP contribution in [0.15, 0.2) is 23.0 Å². The second kappa shape index (κ2) is 6.01. The number of hydrogen-bond donors (Lipinski definition) is 0. The van der Waals surface area contributed by atoms with E-state index in [0.717, 1.165) is 22.1 Å². The maximum atomic E-state index is 13.6. The molecule has 0 saturated heterocycles. The predicted molar refractivity (Wildman–Crippen MR) is 92.3 cm³/mol. The predicted octanol–water partition coefficient (Wildman–Crippen LogP) is 2.30. The summed E-state index contributed by atoms with van der Waals surface area (Å²) in [6.07, 6.45) is 4.03. The van der Waals surface area contributed by atoms with E-state index in [4.69, 9.17) is 11.2 Å². The van der Waals surface area contributed by atoms with Gasteiger partial charge in [-0.2, -0.15) is 9.78 Å². The van der Waals surface area contributed by atoms with Crippen molar-refractivity contribution in [2.24, 2.45) is 0 Å². The summed E-state index contributed by atoms with van der Waals surface area (Å²) < 4.78 is 20.2. The van der Waals surface area contributed by atoms with E-state index < -0.39 is 22.8 Å². The first kappa shape index (κ1) is 17.2. The van der Waals surface area contributed by atoms with Crippen molar-refractivity contribution >= 4 is 22.9 Å². The quantitative estimate of drug-likeness (QED) is 0.770. The van der Waals surface area contributed by atoms with Gasteiger partial charge in [0.2, 0.25) is 0 Å². The Bertz CT molecular complexity index is 936. The number of amides is 1. The standard InChI is InChI=1S/C17H16FN3O3S/c1-5-8-20-11-7-6-10(18)9-12(11)24-14(13(20)22)21-16(23)25-15(19-21)17(2,3)4/h1,6-7,9,14H,8H2,2-4H3. The summed E-state index contributed by atoms with van der Waals surface area (Å²) in [4.78, 5) is 26.0. The fourth-order valence-electron chi connectivity index (χ4n) is 2.38. The molecule has 6 nitrogen and oxygen atoms in total. The Hall–Kier alpha value is -2.66. The lowest BCUT2D eigenvalue weighted by atomic mass is 9.98. The van der Waals surface area contributed by atoms with Crippen LogP contribution in [-0.2, 0) is 10.2 Å². The van der Waals surface area contributed by atoms with Gasteiger partial charge in [-0.25, -0.2) is 4.39 Å². The first-order valence-corrected chi connectivity index (χ1v) is 8.35. The van der Waals surface area contributed by atoms with Gasteiger partial charge in [-0.1, -0.05) is 38.0 Å². The van der Waals surface area contributed by atoms with E-state index in [1.54, 1.807) is 0 Å². The number of ether oxygens (including phenoxy) is 1. The Morgan fingerprint density at radius 1 is 1.40 bits per heavy atom. The molecule has 1 aliphatic rings. The summed E-state index contributed by atoms with van der Waals surface area (Å²) in [6.45, 7) is 5.71. The highest BCUT2D eigenvalue weighted by atomic mass is 32.1. The molecule has 2 heterocycles. The Morgan fingerprint density at radius 2 is 2.12 bits per heavy atom. The van der Waals surface area contributed by atoms with Gasteiger partial charge in [-0.15, -0.1) is 6.42 Å². The average Bonchev–Trinajstić information content (AvgIpc) is 2.92. The third kappa shape index (κ3) is 3.03. The zero-order valence-electron chi connectivity index (χ0n) is 13.9. The van der Waals surface area contributed by atoms with Gasteiger partial charge >= 0.3 is 4.87 Å². The van der Waals surface area contributed by atoms with Gasteiger partial charge in [0, 0.05) is 11.5 Å². The molecule has 0 N–H and O–H groups in total. The van der Waals surface area contributed by atoms with E-state index in [9.17, 15) is 14.0 Å². The normalized spacial score (nSPS) is 17.0. The molecule has 0 saturated carbocycles. The smallest absolute Gasteiger partial charge is 0.328 e. The fraction of sp³-hybridized carbons (Fsp3) is 0.353. The second-order valence-electron chi connectivity index (χ2n) is 6.58. The van der Waals surface area contributed by atoms with Crippen LogP contribution in [0.2, 0.25) is 0 Å². The second-order valence-corrected chi connectivity index (χ2v) is 7.52. The van der Waals surface area contributed by atoms with Crippen molar-refractivity contribution in [3.8, 4) is 18.1 Å². The van der Waals surface area contributed by atoms with E-state index in [0.29, 0.717) is 10.7 Å². The molecule has 0 aliphatic carbocycles. The fourth-order valence-corrected chi connectivity index (χ4v) is 3.21. The van der Waals surface area contributed by atoms with Crippen molar-refractivity contribution in [3.05, 3.63) is 38.7 Å². The Balaban J connectivity index is 2.10. The van der Waals surface area contributed by atoms with E-state index >= 15 is 0 Å². The Kier molecular flexibility index (Phi) is 4.13.